The van der Waals surface area contributed by atoms with Crippen molar-refractivity contribution in [2.45, 2.75) is 13.5 Å². The predicted molar refractivity (Wildman–Crippen MR) is 76.9 cm³/mol. The fraction of sp³-hybridized carbons (Fsp3) is 0.133. The zero-order chi connectivity index (χ0) is 14.8. The van der Waals surface area contributed by atoms with Crippen LogP contribution in [-0.2, 0) is 6.61 Å². The monoisotopic (exact) mass is 283 g/mol. The molecule has 0 aliphatic carbocycles. The van der Waals surface area contributed by atoms with Crippen LogP contribution < -0.4 is 5.32 Å². The van der Waals surface area contributed by atoms with E-state index in [-0.39, 0.29) is 12.5 Å². The van der Waals surface area contributed by atoms with Crippen LogP contribution in [0.4, 0.5) is 5.69 Å². The summed E-state index contributed by atoms with van der Waals surface area (Å²) in [7, 11) is 0. The van der Waals surface area contributed by atoms with Gasteiger partial charge in [0.05, 0.1) is 23.3 Å². The number of aromatic nitrogens is 2. The quantitative estimate of drug-likeness (QED) is 0.769. The van der Waals surface area contributed by atoms with Gasteiger partial charge < -0.3 is 14.9 Å². The highest BCUT2D eigenvalue weighted by molar-refractivity contribution is 6.05. The smallest absolute Gasteiger partial charge is 0.257 e. The normalized spacial score (nSPS) is 10.8. The van der Waals surface area contributed by atoms with Gasteiger partial charge in [-0.15, -0.1) is 0 Å². The van der Waals surface area contributed by atoms with Crippen LogP contribution in [0.2, 0.25) is 0 Å². The number of hydrogen-bond donors (Lipinski definition) is 2. The predicted octanol–water partition coefficient (Wildman–Crippen LogP) is 2.28. The highest BCUT2D eigenvalue weighted by Gasteiger charge is 2.11. The van der Waals surface area contributed by atoms with Gasteiger partial charge in [-0.25, -0.2) is 4.98 Å². The molecule has 0 saturated carbocycles. The molecular weight excluding hydrogens is 270 g/mol. The van der Waals surface area contributed by atoms with Crippen molar-refractivity contribution in [3.8, 4) is 0 Å². The van der Waals surface area contributed by atoms with Gasteiger partial charge >= 0.3 is 0 Å². The number of carbonyl (C=O) groups excluding carboxylic acids is 1. The number of nitrogens with one attached hydrogen (secondary N) is 1. The molecule has 2 aromatic heterocycles. The van der Waals surface area contributed by atoms with Crippen LogP contribution in [0.5, 0.6) is 0 Å². The third-order valence-electron chi connectivity index (χ3n) is 3.17. The van der Waals surface area contributed by atoms with E-state index in [4.69, 9.17) is 9.63 Å². The lowest BCUT2D eigenvalue weighted by Gasteiger charge is -2.05. The number of aliphatic hydroxyl groups excluding tert-OH is 1. The minimum atomic E-state index is -0.262. The van der Waals surface area contributed by atoms with Gasteiger partial charge in [0.2, 0.25) is 0 Å². The van der Waals surface area contributed by atoms with Gasteiger partial charge in [0, 0.05) is 11.9 Å². The van der Waals surface area contributed by atoms with E-state index < -0.39 is 0 Å². The van der Waals surface area contributed by atoms with Gasteiger partial charge in [-0.1, -0.05) is 17.3 Å². The zero-order valence-electron chi connectivity index (χ0n) is 11.3. The van der Waals surface area contributed by atoms with Crippen molar-refractivity contribution in [2.24, 2.45) is 0 Å². The number of carbonyl (C=O) groups is 1. The van der Waals surface area contributed by atoms with Gasteiger partial charge in [0.25, 0.3) is 11.6 Å². The number of aryl methyl sites for hydroxylation is 1. The second-order valence-electron chi connectivity index (χ2n) is 4.65. The summed E-state index contributed by atoms with van der Waals surface area (Å²) in [5.74, 6) is -0.262. The Balaban J connectivity index is 1.83. The van der Waals surface area contributed by atoms with Crippen LogP contribution >= 0.6 is 0 Å². The minimum Gasteiger partial charge on any atom is -0.392 e. The Morgan fingerprint density at radius 2 is 2.10 bits per heavy atom. The molecule has 0 fully saturated rings. The number of benzene rings is 1. The fourth-order valence-corrected chi connectivity index (χ4v) is 1.97. The summed E-state index contributed by atoms with van der Waals surface area (Å²) in [6, 6.07) is 8.67. The number of amides is 1. The maximum Gasteiger partial charge on any atom is 0.257 e. The first kappa shape index (κ1) is 13.3. The molecule has 3 rings (SSSR count). The number of pyridine rings is 1. The number of nitrogens with zero attached hydrogens (tertiary/aromatic N) is 2. The topological polar surface area (TPSA) is 88.2 Å². The molecule has 0 unspecified atom stereocenters. The highest BCUT2D eigenvalue weighted by Crippen LogP contribution is 2.18. The number of hydrogen-bond acceptors (Lipinski definition) is 5. The van der Waals surface area contributed by atoms with Crippen molar-refractivity contribution >= 4 is 22.7 Å². The molecule has 2 N–H and O–H groups in total. The van der Waals surface area contributed by atoms with E-state index in [1.807, 2.05) is 0 Å². The van der Waals surface area contributed by atoms with Crippen LogP contribution in [0.25, 0.3) is 11.1 Å². The molecule has 21 heavy (non-hydrogen) atoms. The standard InChI is InChI=1S/C15H13N3O3/c1-9-13-6-11(7-16-15(13)21-18-9)14(20)17-12-4-2-10(8-19)3-5-12/h2-7,19H,8H2,1H3,(H,17,20). The molecule has 6 heteroatoms. The summed E-state index contributed by atoms with van der Waals surface area (Å²) in [6.45, 7) is 1.77. The molecule has 0 spiro atoms. The number of fused-ring (bicyclic) bond motifs is 1. The summed E-state index contributed by atoms with van der Waals surface area (Å²) >= 11 is 0. The first-order chi connectivity index (χ1) is 10.2. The maximum atomic E-state index is 12.2. The molecule has 6 nitrogen and oxygen atoms in total. The lowest BCUT2D eigenvalue weighted by Crippen LogP contribution is -2.12. The molecule has 0 radical (unpaired) electrons. The molecule has 2 heterocycles. The van der Waals surface area contributed by atoms with Crippen LogP contribution in [0.15, 0.2) is 41.1 Å². The SMILES string of the molecule is Cc1noc2ncc(C(=O)Nc3ccc(CO)cc3)cc12. The van der Waals surface area contributed by atoms with Crippen molar-refractivity contribution in [2.75, 3.05) is 5.32 Å². The summed E-state index contributed by atoms with van der Waals surface area (Å²) in [5, 5.41) is 16.3. The van der Waals surface area contributed by atoms with E-state index in [9.17, 15) is 4.79 Å². The van der Waals surface area contributed by atoms with Gasteiger partial charge in [0.15, 0.2) is 0 Å². The first-order valence-corrected chi connectivity index (χ1v) is 6.40. The van der Waals surface area contributed by atoms with E-state index in [0.29, 0.717) is 22.7 Å². The minimum absolute atomic E-state index is 0.0262. The van der Waals surface area contributed by atoms with Gasteiger partial charge in [-0.05, 0) is 30.7 Å². The Kier molecular flexibility index (Phi) is 3.37. The van der Waals surface area contributed by atoms with E-state index in [1.165, 1.54) is 6.20 Å². The molecular formula is C15H13N3O3. The third kappa shape index (κ3) is 2.61. The van der Waals surface area contributed by atoms with Gasteiger partial charge in [-0.3, -0.25) is 4.79 Å². The van der Waals surface area contributed by atoms with Crippen LogP contribution in [0, 0.1) is 6.92 Å². The summed E-state index contributed by atoms with van der Waals surface area (Å²) < 4.78 is 5.01. The average Bonchev–Trinajstić information content (AvgIpc) is 2.89. The highest BCUT2D eigenvalue weighted by atomic mass is 16.5. The summed E-state index contributed by atoms with van der Waals surface area (Å²) in [4.78, 5) is 16.3. The van der Waals surface area contributed by atoms with E-state index in [1.54, 1.807) is 37.3 Å². The van der Waals surface area contributed by atoms with E-state index >= 15 is 0 Å². The number of anilines is 1. The van der Waals surface area contributed by atoms with Crippen LogP contribution in [-0.4, -0.2) is 21.2 Å². The lowest BCUT2D eigenvalue weighted by atomic mass is 10.2. The average molecular weight is 283 g/mol. The molecule has 106 valence electrons. The molecule has 0 atom stereocenters. The second-order valence-corrected chi connectivity index (χ2v) is 4.65. The van der Waals surface area contributed by atoms with Gasteiger partial charge in [-0.2, -0.15) is 0 Å². The van der Waals surface area contributed by atoms with Crippen molar-refractivity contribution in [1.82, 2.24) is 10.1 Å². The Bertz CT molecular complexity index is 794. The summed E-state index contributed by atoms with van der Waals surface area (Å²) in [5.41, 5.74) is 2.98. The van der Waals surface area contributed by atoms with E-state index in [0.717, 1.165) is 10.9 Å². The Morgan fingerprint density at radius 1 is 1.33 bits per heavy atom. The largest absolute Gasteiger partial charge is 0.392 e. The maximum absolute atomic E-state index is 12.2. The van der Waals surface area contributed by atoms with E-state index in [2.05, 4.69) is 15.5 Å². The number of rotatable bonds is 3. The Morgan fingerprint density at radius 3 is 2.81 bits per heavy atom. The van der Waals surface area contributed by atoms with Gasteiger partial charge in [0.1, 0.15) is 0 Å². The molecule has 0 saturated heterocycles. The Labute approximate surface area is 120 Å². The molecule has 3 aromatic rings. The second kappa shape index (κ2) is 5.34. The molecule has 0 aliphatic rings. The zero-order valence-corrected chi connectivity index (χ0v) is 11.3. The van der Waals surface area contributed by atoms with Crippen LogP contribution in [0.3, 0.4) is 0 Å². The third-order valence-corrected chi connectivity index (χ3v) is 3.17. The van der Waals surface area contributed by atoms with Crippen molar-refractivity contribution < 1.29 is 14.4 Å². The molecule has 1 amide bonds. The number of aliphatic hydroxyl groups is 1. The van der Waals surface area contributed by atoms with Crippen molar-refractivity contribution in [1.29, 1.82) is 0 Å². The first-order valence-electron chi connectivity index (χ1n) is 6.40. The molecule has 0 aliphatic heterocycles. The van der Waals surface area contributed by atoms with Crippen molar-refractivity contribution in [3.05, 3.63) is 53.3 Å². The van der Waals surface area contributed by atoms with Crippen LogP contribution in [0.1, 0.15) is 21.6 Å². The Hall–Kier alpha value is -2.73. The lowest BCUT2D eigenvalue weighted by molar-refractivity contribution is 0.102. The summed E-state index contributed by atoms with van der Waals surface area (Å²) in [6.07, 6.45) is 1.45. The molecule has 1 aromatic carbocycles. The van der Waals surface area contributed by atoms with Crippen molar-refractivity contribution in [3.63, 3.8) is 0 Å². The molecule has 0 bridgehead atoms. The fourth-order valence-electron chi connectivity index (χ4n) is 1.97.